The van der Waals surface area contributed by atoms with Crippen LogP contribution in [0.1, 0.15) is 25.3 Å². The van der Waals surface area contributed by atoms with Crippen LogP contribution in [0.25, 0.3) is 10.9 Å². The number of fused-ring (bicyclic) bond motifs is 2. The van der Waals surface area contributed by atoms with Crippen molar-refractivity contribution in [2.45, 2.75) is 38.4 Å². The third-order valence-corrected chi connectivity index (χ3v) is 5.72. The van der Waals surface area contributed by atoms with Crippen LogP contribution in [0.3, 0.4) is 0 Å². The topological polar surface area (TPSA) is 20.6 Å². The number of aromatic nitrogens is 1. The molecule has 23 heavy (non-hydrogen) atoms. The van der Waals surface area contributed by atoms with Gasteiger partial charge in [0.25, 0.3) is 0 Å². The first-order chi connectivity index (χ1) is 11.2. The van der Waals surface area contributed by atoms with Gasteiger partial charge in [0.2, 0.25) is 0 Å². The predicted octanol–water partition coefficient (Wildman–Crippen LogP) is 2.86. The highest BCUT2D eigenvalue weighted by Gasteiger charge is 2.34. The summed E-state index contributed by atoms with van der Waals surface area (Å²) in [4.78, 5) is 5.36. The van der Waals surface area contributed by atoms with Crippen LogP contribution >= 0.6 is 0 Å². The summed E-state index contributed by atoms with van der Waals surface area (Å²) in [6.07, 6.45) is 5.03. The van der Waals surface area contributed by atoms with Crippen molar-refractivity contribution in [1.82, 2.24) is 14.4 Å². The maximum absolute atomic E-state index is 5.37. The lowest BCUT2D eigenvalue weighted by molar-refractivity contribution is 0.0543. The molecule has 0 amide bonds. The van der Waals surface area contributed by atoms with Gasteiger partial charge < -0.3 is 9.30 Å². The lowest BCUT2D eigenvalue weighted by atomic mass is 10.1. The quantitative estimate of drug-likeness (QED) is 0.869. The molecule has 0 unspecified atom stereocenters. The van der Waals surface area contributed by atoms with E-state index in [1.165, 1.54) is 48.9 Å². The zero-order valence-corrected chi connectivity index (χ0v) is 14.5. The van der Waals surface area contributed by atoms with Crippen molar-refractivity contribution in [3.8, 4) is 5.75 Å². The largest absolute Gasteiger partial charge is 0.497 e. The smallest absolute Gasteiger partial charge is 0.120 e. The van der Waals surface area contributed by atoms with Crippen molar-refractivity contribution in [3.05, 3.63) is 30.0 Å². The van der Waals surface area contributed by atoms with Crippen LogP contribution in [0.2, 0.25) is 0 Å². The summed E-state index contributed by atoms with van der Waals surface area (Å²) in [5.41, 5.74) is 2.69. The van der Waals surface area contributed by atoms with Gasteiger partial charge in [-0.1, -0.05) is 0 Å². The number of hydrogen-bond donors (Lipinski definition) is 0. The number of benzene rings is 1. The number of rotatable bonds is 3. The standard InChI is InChI=1S/C19H27N3O/c1-14-10-21-8-4-5-16(21)13-22(14)12-15-11-20(2)19-9-17(23-3)6-7-18(15)19/h6-7,9,11,14,16H,4-5,8,10,12-13H2,1-3H3/t14-,16+/m0/s1. The van der Waals surface area contributed by atoms with Gasteiger partial charge in [0.05, 0.1) is 12.6 Å². The Hall–Kier alpha value is -1.52. The van der Waals surface area contributed by atoms with Crippen LogP contribution < -0.4 is 4.74 Å². The number of piperazine rings is 1. The molecule has 1 aromatic heterocycles. The van der Waals surface area contributed by atoms with Crippen LogP contribution in [-0.4, -0.2) is 53.2 Å². The van der Waals surface area contributed by atoms with E-state index in [4.69, 9.17) is 4.74 Å². The minimum absolute atomic E-state index is 0.637. The Bertz CT molecular complexity index is 708. The molecule has 0 bridgehead atoms. The molecule has 1 aromatic carbocycles. The second-order valence-corrected chi connectivity index (χ2v) is 7.22. The van der Waals surface area contributed by atoms with E-state index in [-0.39, 0.29) is 0 Å². The molecular formula is C19H27N3O. The molecule has 2 fully saturated rings. The zero-order valence-electron chi connectivity index (χ0n) is 14.5. The molecule has 4 rings (SSSR count). The van der Waals surface area contributed by atoms with Gasteiger partial charge >= 0.3 is 0 Å². The maximum atomic E-state index is 5.37. The summed E-state index contributed by atoms with van der Waals surface area (Å²) in [6.45, 7) is 7.17. The van der Waals surface area contributed by atoms with Crippen molar-refractivity contribution in [1.29, 1.82) is 0 Å². The highest BCUT2D eigenvalue weighted by Crippen LogP contribution is 2.29. The van der Waals surface area contributed by atoms with Crippen molar-refractivity contribution in [2.24, 2.45) is 7.05 Å². The van der Waals surface area contributed by atoms with E-state index in [0.29, 0.717) is 6.04 Å². The molecule has 0 spiro atoms. The van der Waals surface area contributed by atoms with E-state index in [1.54, 1.807) is 7.11 Å². The fraction of sp³-hybridized carbons (Fsp3) is 0.579. The number of nitrogens with zero attached hydrogens (tertiary/aromatic N) is 3. The van der Waals surface area contributed by atoms with Gasteiger partial charge in [-0.3, -0.25) is 9.80 Å². The monoisotopic (exact) mass is 313 g/mol. The van der Waals surface area contributed by atoms with Gasteiger partial charge in [-0.2, -0.15) is 0 Å². The summed E-state index contributed by atoms with van der Waals surface area (Å²) in [5, 5.41) is 1.36. The van der Waals surface area contributed by atoms with Gasteiger partial charge in [0, 0.05) is 56.4 Å². The van der Waals surface area contributed by atoms with E-state index in [9.17, 15) is 0 Å². The Balaban J connectivity index is 1.60. The first kappa shape index (κ1) is 15.0. The van der Waals surface area contributed by atoms with E-state index in [1.807, 2.05) is 0 Å². The van der Waals surface area contributed by atoms with Crippen molar-refractivity contribution in [3.63, 3.8) is 0 Å². The van der Waals surface area contributed by atoms with E-state index in [0.717, 1.165) is 18.3 Å². The maximum Gasteiger partial charge on any atom is 0.120 e. The normalized spacial score (nSPS) is 25.9. The van der Waals surface area contributed by atoms with Crippen LogP contribution in [-0.2, 0) is 13.6 Å². The lowest BCUT2D eigenvalue weighted by Gasteiger charge is -2.42. The molecule has 3 heterocycles. The molecule has 0 radical (unpaired) electrons. The molecule has 0 N–H and O–H groups in total. The molecule has 0 saturated carbocycles. The summed E-state index contributed by atoms with van der Waals surface area (Å²) in [7, 11) is 3.86. The first-order valence-corrected chi connectivity index (χ1v) is 8.76. The molecule has 4 nitrogen and oxygen atoms in total. The lowest BCUT2D eigenvalue weighted by Crippen LogP contribution is -2.54. The molecule has 124 valence electrons. The molecule has 2 aliphatic rings. The minimum atomic E-state index is 0.637. The molecular weight excluding hydrogens is 286 g/mol. The van der Waals surface area contributed by atoms with Crippen LogP contribution in [0.4, 0.5) is 0 Å². The third-order valence-electron chi connectivity index (χ3n) is 5.72. The van der Waals surface area contributed by atoms with E-state index >= 15 is 0 Å². The molecule has 4 heteroatoms. The van der Waals surface area contributed by atoms with Gasteiger partial charge in [0.15, 0.2) is 0 Å². The Morgan fingerprint density at radius 2 is 2.13 bits per heavy atom. The number of hydrogen-bond acceptors (Lipinski definition) is 3. The molecule has 2 saturated heterocycles. The first-order valence-electron chi connectivity index (χ1n) is 8.76. The molecule has 2 aromatic rings. The third kappa shape index (κ3) is 2.64. The van der Waals surface area contributed by atoms with E-state index in [2.05, 4.69) is 52.7 Å². The summed E-state index contributed by atoms with van der Waals surface area (Å²) >= 11 is 0. The average Bonchev–Trinajstić information content (AvgIpc) is 3.12. The predicted molar refractivity (Wildman–Crippen MR) is 93.9 cm³/mol. The number of ether oxygens (including phenoxy) is 1. The van der Waals surface area contributed by atoms with E-state index < -0.39 is 0 Å². The second-order valence-electron chi connectivity index (χ2n) is 7.22. The van der Waals surface area contributed by atoms with Crippen molar-refractivity contribution >= 4 is 10.9 Å². The average molecular weight is 313 g/mol. The SMILES string of the molecule is COc1ccc2c(CN3C[C@H]4CCCN4C[C@@H]3C)cn(C)c2c1. The highest BCUT2D eigenvalue weighted by molar-refractivity contribution is 5.85. The second kappa shape index (κ2) is 5.84. The Labute approximate surface area is 138 Å². The van der Waals surface area contributed by atoms with Crippen LogP contribution in [0.5, 0.6) is 5.75 Å². The van der Waals surface area contributed by atoms with Gasteiger partial charge in [-0.15, -0.1) is 0 Å². The Morgan fingerprint density at radius 1 is 1.26 bits per heavy atom. The molecule has 2 atom stereocenters. The van der Waals surface area contributed by atoms with Gasteiger partial charge in [-0.05, 0) is 44.0 Å². The fourth-order valence-electron chi connectivity index (χ4n) is 4.39. The number of aryl methyl sites for hydroxylation is 1. The fourth-order valence-corrected chi connectivity index (χ4v) is 4.39. The van der Waals surface area contributed by atoms with Gasteiger partial charge in [0.1, 0.15) is 5.75 Å². The zero-order chi connectivity index (χ0) is 16.0. The van der Waals surface area contributed by atoms with Crippen molar-refractivity contribution in [2.75, 3.05) is 26.7 Å². The highest BCUT2D eigenvalue weighted by atomic mass is 16.5. The Morgan fingerprint density at radius 3 is 2.96 bits per heavy atom. The van der Waals surface area contributed by atoms with Gasteiger partial charge in [-0.25, -0.2) is 0 Å². The molecule has 2 aliphatic heterocycles. The summed E-state index contributed by atoms with van der Waals surface area (Å²) in [6, 6.07) is 7.83. The van der Waals surface area contributed by atoms with Crippen molar-refractivity contribution < 1.29 is 4.74 Å². The minimum Gasteiger partial charge on any atom is -0.497 e. The summed E-state index contributed by atoms with van der Waals surface area (Å²) in [5.74, 6) is 0.929. The molecule has 0 aliphatic carbocycles. The van der Waals surface area contributed by atoms with Crippen LogP contribution in [0.15, 0.2) is 24.4 Å². The van der Waals surface area contributed by atoms with Crippen LogP contribution in [0, 0.1) is 0 Å². The Kier molecular flexibility index (Phi) is 3.82. The number of methoxy groups -OCH3 is 1. The summed E-state index contributed by atoms with van der Waals surface area (Å²) < 4.78 is 7.60.